The summed E-state index contributed by atoms with van der Waals surface area (Å²) in [6.07, 6.45) is 3.05. The number of hydrogen-bond acceptors (Lipinski definition) is 4. The van der Waals surface area contributed by atoms with Crippen LogP contribution >= 0.6 is 27.7 Å². The number of amides is 1. The molecule has 0 saturated carbocycles. The Labute approximate surface area is 171 Å². The van der Waals surface area contributed by atoms with Crippen molar-refractivity contribution in [3.05, 3.63) is 83.1 Å². The quantitative estimate of drug-likeness (QED) is 0.487. The molecule has 0 fully saturated rings. The molecule has 0 radical (unpaired) electrons. The Bertz CT molecular complexity index is 871. The second kappa shape index (κ2) is 9.58. The van der Waals surface area contributed by atoms with E-state index in [1.165, 1.54) is 5.56 Å². The van der Waals surface area contributed by atoms with Gasteiger partial charge in [-0.05, 0) is 67.1 Å². The Balaban J connectivity index is 1.51. The van der Waals surface area contributed by atoms with Crippen LogP contribution in [0.3, 0.4) is 0 Å². The van der Waals surface area contributed by atoms with E-state index in [1.807, 2.05) is 60.8 Å². The minimum absolute atomic E-state index is 0.186. The minimum atomic E-state index is -0.592. The van der Waals surface area contributed by atoms with E-state index < -0.39 is 6.10 Å². The molecule has 27 heavy (non-hydrogen) atoms. The van der Waals surface area contributed by atoms with E-state index in [9.17, 15) is 4.79 Å². The largest absolute Gasteiger partial charge is 0.481 e. The van der Waals surface area contributed by atoms with E-state index in [0.717, 1.165) is 20.8 Å². The summed E-state index contributed by atoms with van der Waals surface area (Å²) >= 11 is 5.10. The van der Waals surface area contributed by atoms with Crippen LogP contribution in [0.4, 0.5) is 5.69 Å². The van der Waals surface area contributed by atoms with Crippen molar-refractivity contribution in [1.82, 2.24) is 4.98 Å². The molecule has 0 aliphatic rings. The van der Waals surface area contributed by atoms with Crippen LogP contribution in [0, 0.1) is 0 Å². The van der Waals surface area contributed by atoms with Crippen molar-refractivity contribution in [1.29, 1.82) is 0 Å². The van der Waals surface area contributed by atoms with Gasteiger partial charge in [-0.25, -0.2) is 0 Å². The zero-order chi connectivity index (χ0) is 19.1. The van der Waals surface area contributed by atoms with Gasteiger partial charge in [-0.15, -0.1) is 11.8 Å². The smallest absolute Gasteiger partial charge is 0.265 e. The fourth-order valence-electron chi connectivity index (χ4n) is 2.30. The zero-order valence-electron chi connectivity index (χ0n) is 14.8. The number of carbonyl (C=O) groups excluding carboxylic acids is 1. The summed E-state index contributed by atoms with van der Waals surface area (Å²) in [7, 11) is 0. The summed E-state index contributed by atoms with van der Waals surface area (Å²) in [5, 5.41) is 2.88. The molecule has 3 aromatic rings. The van der Waals surface area contributed by atoms with Crippen LogP contribution < -0.4 is 10.1 Å². The van der Waals surface area contributed by atoms with Gasteiger partial charge in [-0.2, -0.15) is 0 Å². The van der Waals surface area contributed by atoms with Crippen LogP contribution in [0.5, 0.6) is 5.75 Å². The fourth-order valence-corrected chi connectivity index (χ4v) is 3.40. The number of rotatable bonds is 7. The number of halogens is 1. The molecule has 6 heteroatoms. The number of benzene rings is 2. The van der Waals surface area contributed by atoms with Gasteiger partial charge in [0.2, 0.25) is 0 Å². The lowest BCUT2D eigenvalue weighted by molar-refractivity contribution is -0.122. The molecule has 1 aromatic heterocycles. The average Bonchev–Trinajstić information content (AvgIpc) is 2.70. The Hall–Kier alpha value is -2.31. The molecule has 1 N–H and O–H groups in total. The highest BCUT2D eigenvalue weighted by Gasteiger charge is 2.14. The van der Waals surface area contributed by atoms with E-state index in [2.05, 4.69) is 32.3 Å². The number of nitrogens with zero attached hydrogens (tertiary/aromatic N) is 1. The number of nitrogens with one attached hydrogen (secondary N) is 1. The lowest BCUT2D eigenvalue weighted by Crippen LogP contribution is -2.30. The SMILES string of the molecule is CC(Oc1ccc(Br)cc1)C(=O)Nc1ccc(SCc2cccnc2)cc1. The molecule has 1 heterocycles. The highest BCUT2D eigenvalue weighted by Crippen LogP contribution is 2.24. The predicted molar refractivity (Wildman–Crippen MR) is 113 cm³/mol. The molecule has 0 saturated heterocycles. The van der Waals surface area contributed by atoms with Crippen molar-refractivity contribution in [2.45, 2.75) is 23.7 Å². The monoisotopic (exact) mass is 442 g/mol. The van der Waals surface area contributed by atoms with Crippen molar-refractivity contribution < 1.29 is 9.53 Å². The molecule has 1 amide bonds. The Kier molecular flexibility index (Phi) is 6.90. The second-order valence-electron chi connectivity index (χ2n) is 5.88. The summed E-state index contributed by atoms with van der Waals surface area (Å²) in [6, 6.07) is 19.2. The van der Waals surface area contributed by atoms with Gasteiger partial charge in [0.15, 0.2) is 6.10 Å². The van der Waals surface area contributed by atoms with E-state index in [1.54, 1.807) is 24.9 Å². The summed E-state index contributed by atoms with van der Waals surface area (Å²) in [5.74, 6) is 1.33. The van der Waals surface area contributed by atoms with E-state index >= 15 is 0 Å². The lowest BCUT2D eigenvalue weighted by atomic mass is 10.3. The van der Waals surface area contributed by atoms with Crippen LogP contribution in [-0.2, 0) is 10.5 Å². The van der Waals surface area contributed by atoms with Crippen LogP contribution in [0.1, 0.15) is 12.5 Å². The predicted octanol–water partition coefficient (Wildman–Crippen LogP) is 5.54. The summed E-state index contributed by atoms with van der Waals surface area (Å²) < 4.78 is 6.64. The summed E-state index contributed by atoms with van der Waals surface area (Å²) in [6.45, 7) is 1.73. The first kappa shape index (κ1) is 19.5. The lowest BCUT2D eigenvalue weighted by Gasteiger charge is -2.15. The number of ether oxygens (including phenoxy) is 1. The van der Waals surface area contributed by atoms with E-state index in [0.29, 0.717) is 5.75 Å². The number of anilines is 1. The Morgan fingerprint density at radius 3 is 2.56 bits per heavy atom. The fraction of sp³-hybridized carbons (Fsp3) is 0.143. The summed E-state index contributed by atoms with van der Waals surface area (Å²) in [5.41, 5.74) is 1.93. The van der Waals surface area contributed by atoms with Crippen LogP contribution in [0.25, 0.3) is 0 Å². The van der Waals surface area contributed by atoms with Gasteiger partial charge in [0.1, 0.15) is 5.75 Å². The highest BCUT2D eigenvalue weighted by molar-refractivity contribution is 9.10. The number of aromatic nitrogens is 1. The average molecular weight is 443 g/mol. The Morgan fingerprint density at radius 2 is 1.89 bits per heavy atom. The molecule has 4 nitrogen and oxygen atoms in total. The minimum Gasteiger partial charge on any atom is -0.481 e. The van der Waals surface area contributed by atoms with Gasteiger partial charge in [0, 0.05) is 33.2 Å². The maximum Gasteiger partial charge on any atom is 0.265 e. The number of thioether (sulfide) groups is 1. The Morgan fingerprint density at radius 1 is 1.15 bits per heavy atom. The molecule has 1 atom stereocenters. The molecular weight excluding hydrogens is 424 g/mol. The molecule has 0 spiro atoms. The third kappa shape index (κ3) is 6.12. The number of carbonyl (C=O) groups is 1. The topological polar surface area (TPSA) is 51.2 Å². The molecule has 0 bridgehead atoms. The molecule has 2 aromatic carbocycles. The van der Waals surface area contributed by atoms with Gasteiger partial charge >= 0.3 is 0 Å². The van der Waals surface area contributed by atoms with Crippen LogP contribution in [0.15, 0.2) is 82.4 Å². The van der Waals surface area contributed by atoms with Crippen molar-refractivity contribution in [3.8, 4) is 5.75 Å². The third-order valence-electron chi connectivity index (χ3n) is 3.75. The molecule has 0 aliphatic carbocycles. The van der Waals surface area contributed by atoms with Crippen molar-refractivity contribution in [2.75, 3.05) is 5.32 Å². The van der Waals surface area contributed by atoms with Gasteiger partial charge in [0.05, 0.1) is 0 Å². The first-order valence-corrected chi connectivity index (χ1v) is 10.2. The molecule has 1 unspecified atom stereocenters. The van der Waals surface area contributed by atoms with Gasteiger partial charge in [-0.1, -0.05) is 22.0 Å². The standard InChI is InChI=1S/C21H19BrN2O2S/c1-15(26-19-8-4-17(22)5-9-19)21(25)24-18-6-10-20(11-7-18)27-14-16-3-2-12-23-13-16/h2-13,15H,14H2,1H3,(H,24,25). The van der Waals surface area contributed by atoms with Gasteiger partial charge in [-0.3, -0.25) is 9.78 Å². The number of hydrogen-bond donors (Lipinski definition) is 1. The van der Waals surface area contributed by atoms with E-state index in [4.69, 9.17) is 4.74 Å². The third-order valence-corrected chi connectivity index (χ3v) is 5.36. The normalized spacial score (nSPS) is 11.6. The van der Waals surface area contributed by atoms with Crippen LogP contribution in [0.2, 0.25) is 0 Å². The first-order valence-electron chi connectivity index (χ1n) is 8.45. The van der Waals surface area contributed by atoms with Gasteiger partial charge < -0.3 is 10.1 Å². The molecule has 3 rings (SSSR count). The zero-order valence-corrected chi connectivity index (χ0v) is 17.2. The maximum absolute atomic E-state index is 12.3. The highest BCUT2D eigenvalue weighted by atomic mass is 79.9. The molecular formula is C21H19BrN2O2S. The van der Waals surface area contributed by atoms with Crippen molar-refractivity contribution in [2.24, 2.45) is 0 Å². The van der Waals surface area contributed by atoms with E-state index in [-0.39, 0.29) is 5.91 Å². The molecule has 0 aliphatic heterocycles. The maximum atomic E-state index is 12.3. The van der Waals surface area contributed by atoms with Crippen LogP contribution in [-0.4, -0.2) is 17.0 Å². The van der Waals surface area contributed by atoms with Gasteiger partial charge in [0.25, 0.3) is 5.91 Å². The second-order valence-corrected chi connectivity index (χ2v) is 7.84. The van der Waals surface area contributed by atoms with Crippen molar-refractivity contribution in [3.63, 3.8) is 0 Å². The first-order chi connectivity index (χ1) is 13.1. The number of pyridine rings is 1. The summed E-state index contributed by atoms with van der Waals surface area (Å²) in [4.78, 5) is 17.6. The van der Waals surface area contributed by atoms with Crippen molar-refractivity contribution >= 4 is 39.3 Å². The molecule has 138 valence electrons.